The first-order chi connectivity index (χ1) is 13.3. The van der Waals surface area contributed by atoms with E-state index in [2.05, 4.69) is 41.0 Å². The fourth-order valence-corrected chi connectivity index (χ4v) is 3.38. The number of hydrogen-bond acceptors (Lipinski definition) is 4. The number of unbranched alkanes of at least 4 members (excludes halogenated alkanes) is 6. The molecule has 160 valence electrons. The zero-order valence-corrected chi connectivity index (χ0v) is 17.6. The van der Waals surface area contributed by atoms with Gasteiger partial charge < -0.3 is 20.2 Å². The predicted molar refractivity (Wildman–Crippen MR) is 109 cm³/mol. The lowest BCUT2D eigenvalue weighted by Crippen LogP contribution is -2.40. The van der Waals surface area contributed by atoms with Crippen molar-refractivity contribution < 1.29 is 28.8 Å². The molecule has 1 aromatic rings. The zero-order chi connectivity index (χ0) is 20.8. The second-order valence-electron chi connectivity index (χ2n) is 7.13. The summed E-state index contributed by atoms with van der Waals surface area (Å²) >= 11 is 0. The number of aliphatic hydroxyl groups excluding tert-OH is 1. The molecule has 0 aliphatic rings. The average Bonchev–Trinajstić information content (AvgIpc) is 2.64. The van der Waals surface area contributed by atoms with Crippen molar-refractivity contribution in [2.45, 2.75) is 70.8 Å². The molecule has 0 fully saturated rings. The molecule has 4 N–H and O–H groups in total. The third kappa shape index (κ3) is 12.3. The minimum Gasteiger partial charge on any atom is -0.394 e. The minimum atomic E-state index is -4.60. The number of carbonyl (C=O) groups is 1. The van der Waals surface area contributed by atoms with Crippen LogP contribution in [0.25, 0.3) is 0 Å². The summed E-state index contributed by atoms with van der Waals surface area (Å²) in [5, 5.41) is 11.6. The van der Waals surface area contributed by atoms with Crippen LogP contribution in [0.5, 0.6) is 0 Å². The number of carbonyl (C=O) groups excluding carboxylic acids is 1. The van der Waals surface area contributed by atoms with Crippen LogP contribution >= 0.6 is 7.82 Å². The maximum absolute atomic E-state index is 11.8. The van der Waals surface area contributed by atoms with E-state index in [1.807, 2.05) is 0 Å². The van der Waals surface area contributed by atoms with Crippen LogP contribution in [0.4, 0.5) is 0 Å². The van der Waals surface area contributed by atoms with Crippen molar-refractivity contribution in [3.05, 3.63) is 35.4 Å². The molecule has 0 spiro atoms. The maximum Gasteiger partial charge on any atom is 0.469 e. The van der Waals surface area contributed by atoms with E-state index >= 15 is 0 Å². The van der Waals surface area contributed by atoms with Crippen molar-refractivity contribution in [1.82, 2.24) is 5.32 Å². The highest BCUT2D eigenvalue weighted by atomic mass is 31.2. The van der Waals surface area contributed by atoms with Crippen molar-refractivity contribution in [1.29, 1.82) is 0 Å². The van der Waals surface area contributed by atoms with Crippen molar-refractivity contribution in [3.8, 4) is 0 Å². The van der Waals surface area contributed by atoms with Gasteiger partial charge >= 0.3 is 7.82 Å². The number of phosphoric ester groups is 1. The fraction of sp³-hybridized carbons (Fsp3) is 0.650. The van der Waals surface area contributed by atoms with Crippen LogP contribution in [0, 0.1) is 6.92 Å². The van der Waals surface area contributed by atoms with E-state index in [0.29, 0.717) is 6.42 Å². The van der Waals surface area contributed by atoms with Crippen molar-refractivity contribution in [3.63, 3.8) is 0 Å². The summed E-state index contributed by atoms with van der Waals surface area (Å²) in [4.78, 5) is 29.1. The van der Waals surface area contributed by atoms with Gasteiger partial charge in [-0.2, -0.15) is 0 Å². The van der Waals surface area contributed by atoms with Gasteiger partial charge in [0, 0.05) is 6.42 Å². The Balaban J connectivity index is 2.00. The smallest absolute Gasteiger partial charge is 0.394 e. The molecule has 1 aromatic carbocycles. The van der Waals surface area contributed by atoms with E-state index < -0.39 is 27.1 Å². The van der Waals surface area contributed by atoms with Crippen LogP contribution in [0.1, 0.15) is 62.5 Å². The van der Waals surface area contributed by atoms with Gasteiger partial charge in [0.15, 0.2) is 0 Å². The number of nitrogens with one attached hydrogen (secondary N) is 1. The zero-order valence-electron chi connectivity index (χ0n) is 16.7. The lowest BCUT2D eigenvalue weighted by molar-refractivity contribution is -0.122. The van der Waals surface area contributed by atoms with E-state index in [-0.39, 0.29) is 5.91 Å². The number of aryl methyl sites for hydroxylation is 2. The number of aliphatic hydroxyl groups is 1. The largest absolute Gasteiger partial charge is 0.469 e. The Kier molecular flexibility index (Phi) is 12.3. The lowest BCUT2D eigenvalue weighted by Gasteiger charge is -2.16. The van der Waals surface area contributed by atoms with Gasteiger partial charge in [-0.15, -0.1) is 0 Å². The molecule has 7 nitrogen and oxygen atoms in total. The molecule has 0 heterocycles. The number of phosphoric acid groups is 1. The third-order valence-electron chi connectivity index (χ3n) is 4.64. The normalized spacial score (nSPS) is 12.7. The monoisotopic (exact) mass is 415 g/mol. The second-order valence-corrected chi connectivity index (χ2v) is 8.37. The number of rotatable bonds is 15. The molecule has 1 amide bonds. The van der Waals surface area contributed by atoms with E-state index in [0.717, 1.165) is 32.1 Å². The van der Waals surface area contributed by atoms with Gasteiger partial charge in [0.25, 0.3) is 0 Å². The van der Waals surface area contributed by atoms with Gasteiger partial charge in [0.05, 0.1) is 19.3 Å². The number of hydrogen-bond donors (Lipinski definition) is 4. The first-order valence-corrected chi connectivity index (χ1v) is 11.5. The van der Waals surface area contributed by atoms with E-state index in [1.165, 1.54) is 30.4 Å². The topological polar surface area (TPSA) is 116 Å². The highest BCUT2D eigenvalue weighted by Gasteiger charge is 2.19. The molecule has 0 aromatic heterocycles. The molecule has 0 bridgehead atoms. The Bertz CT molecular complexity index is 618. The van der Waals surface area contributed by atoms with E-state index in [1.54, 1.807) is 0 Å². The van der Waals surface area contributed by atoms with Crippen molar-refractivity contribution in [2.75, 3.05) is 13.2 Å². The molecule has 28 heavy (non-hydrogen) atoms. The second kappa shape index (κ2) is 13.9. The van der Waals surface area contributed by atoms with Gasteiger partial charge in [0.1, 0.15) is 0 Å². The highest BCUT2D eigenvalue weighted by molar-refractivity contribution is 7.46. The van der Waals surface area contributed by atoms with Crippen molar-refractivity contribution >= 4 is 13.7 Å². The molecule has 0 aliphatic carbocycles. The third-order valence-corrected chi connectivity index (χ3v) is 5.13. The maximum atomic E-state index is 11.8. The predicted octanol–water partition coefficient (Wildman–Crippen LogP) is 3.24. The molecule has 8 heteroatoms. The molecule has 0 unspecified atom stereocenters. The Morgan fingerprint density at radius 2 is 1.68 bits per heavy atom. The van der Waals surface area contributed by atoms with Crippen LogP contribution in [0.3, 0.4) is 0 Å². The summed E-state index contributed by atoms with van der Waals surface area (Å²) in [6.07, 6.45) is 9.04. The van der Waals surface area contributed by atoms with Gasteiger partial charge in [-0.1, -0.05) is 56.4 Å². The lowest BCUT2D eigenvalue weighted by atomic mass is 10.0. The molecular formula is C20H34NO6P. The summed E-state index contributed by atoms with van der Waals surface area (Å²) in [6.45, 7) is 1.29. The van der Waals surface area contributed by atoms with Crippen molar-refractivity contribution in [2.24, 2.45) is 0 Å². The molecular weight excluding hydrogens is 381 g/mol. The Morgan fingerprint density at radius 1 is 1.07 bits per heavy atom. The van der Waals surface area contributed by atoms with Gasteiger partial charge in [-0.05, 0) is 37.3 Å². The first kappa shape index (κ1) is 24.8. The number of benzene rings is 1. The molecule has 0 saturated heterocycles. The van der Waals surface area contributed by atoms with Crippen LogP contribution in [0.15, 0.2) is 24.3 Å². The minimum absolute atomic E-state index is 0.244. The van der Waals surface area contributed by atoms with Crippen LogP contribution in [-0.4, -0.2) is 40.1 Å². The summed E-state index contributed by atoms with van der Waals surface area (Å²) < 4.78 is 14.9. The van der Waals surface area contributed by atoms with E-state index in [9.17, 15) is 9.36 Å². The number of amides is 1. The van der Waals surface area contributed by atoms with Crippen LogP contribution < -0.4 is 5.32 Å². The SMILES string of the molecule is Cc1ccccc1CCCCCCCCCC(=O)N[C@H](CO)COP(=O)(O)O. The van der Waals surface area contributed by atoms with E-state index in [4.69, 9.17) is 14.9 Å². The Hall–Kier alpha value is -1.24. The van der Waals surface area contributed by atoms with Gasteiger partial charge in [-0.25, -0.2) is 4.57 Å². The average molecular weight is 415 g/mol. The quantitative estimate of drug-likeness (QED) is 0.258. The molecule has 1 rings (SSSR count). The standard InChI is InChI=1S/C20H34NO6P/c1-17-11-9-10-13-18(17)12-7-5-3-2-4-6-8-14-20(23)21-19(15-22)16-27-28(24,25)26/h9-11,13,19,22H,2-8,12,14-16H2,1H3,(H,21,23)(H2,24,25,26)/t19-/m1/s1. The highest BCUT2D eigenvalue weighted by Crippen LogP contribution is 2.35. The summed E-state index contributed by atoms with van der Waals surface area (Å²) in [7, 11) is -4.60. The Morgan fingerprint density at radius 3 is 2.29 bits per heavy atom. The first-order valence-electron chi connectivity index (χ1n) is 9.96. The Labute approximate surface area is 167 Å². The van der Waals surface area contributed by atoms with Crippen LogP contribution in [-0.2, 0) is 20.3 Å². The summed E-state index contributed by atoms with van der Waals surface area (Å²) in [6, 6.07) is 7.69. The molecule has 0 radical (unpaired) electrons. The fourth-order valence-electron chi connectivity index (χ4n) is 3.00. The van der Waals surface area contributed by atoms with Gasteiger partial charge in [0.2, 0.25) is 5.91 Å². The summed E-state index contributed by atoms with van der Waals surface area (Å²) in [5.74, 6) is -0.244. The summed E-state index contributed by atoms with van der Waals surface area (Å²) in [5.41, 5.74) is 2.79. The van der Waals surface area contributed by atoms with Crippen LogP contribution in [0.2, 0.25) is 0 Å². The molecule has 0 aliphatic heterocycles. The molecule has 0 saturated carbocycles. The van der Waals surface area contributed by atoms with Gasteiger partial charge in [-0.3, -0.25) is 9.32 Å². The molecule has 1 atom stereocenters.